The lowest BCUT2D eigenvalue weighted by Crippen LogP contribution is -2.09. The first-order valence-corrected chi connectivity index (χ1v) is 8.75. The number of hydrogen-bond donors (Lipinski definition) is 0. The summed E-state index contributed by atoms with van der Waals surface area (Å²) in [5.41, 5.74) is 0.310. The molecule has 0 N–H and O–H groups in total. The molecule has 0 fully saturated rings. The molecule has 0 saturated carbocycles. The van der Waals surface area contributed by atoms with Gasteiger partial charge in [0, 0.05) is 15.2 Å². The minimum atomic E-state index is -0.717. The van der Waals surface area contributed by atoms with Crippen molar-refractivity contribution in [3.05, 3.63) is 60.7 Å². The second-order valence-electron chi connectivity index (χ2n) is 5.39. The molecular formula is C18H14INO7. The van der Waals surface area contributed by atoms with Crippen LogP contribution in [0.25, 0.3) is 11.8 Å². The third-order valence-electron chi connectivity index (χ3n) is 3.90. The molecule has 8 nitrogen and oxygen atoms in total. The van der Waals surface area contributed by atoms with Crippen LogP contribution in [0.3, 0.4) is 0 Å². The zero-order chi connectivity index (χ0) is 19.6. The molecular weight excluding hydrogens is 469 g/mol. The third kappa shape index (κ3) is 3.68. The molecule has 0 spiro atoms. The van der Waals surface area contributed by atoms with Crippen molar-refractivity contribution in [2.75, 3.05) is 21.0 Å². The van der Waals surface area contributed by atoms with Crippen LogP contribution in [0.2, 0.25) is 0 Å². The Hall–Kier alpha value is -2.82. The van der Waals surface area contributed by atoms with Crippen molar-refractivity contribution < 1.29 is 28.7 Å². The average molecular weight is 483 g/mol. The van der Waals surface area contributed by atoms with E-state index in [9.17, 15) is 14.9 Å². The summed E-state index contributed by atoms with van der Waals surface area (Å²) in [6, 6.07) is 8.07. The van der Waals surface area contributed by atoms with Crippen LogP contribution in [0, 0.1) is 13.7 Å². The van der Waals surface area contributed by atoms with Gasteiger partial charge in [0.2, 0.25) is 6.79 Å². The van der Waals surface area contributed by atoms with Crippen LogP contribution in [0.4, 0.5) is 0 Å². The summed E-state index contributed by atoms with van der Waals surface area (Å²) in [6.07, 6.45) is 1.37. The Morgan fingerprint density at radius 2 is 1.89 bits per heavy atom. The van der Waals surface area contributed by atoms with Crippen molar-refractivity contribution in [2.45, 2.75) is 0 Å². The van der Waals surface area contributed by atoms with Crippen LogP contribution in [0.15, 0.2) is 30.3 Å². The van der Waals surface area contributed by atoms with Crippen molar-refractivity contribution in [2.24, 2.45) is 0 Å². The molecule has 2 aromatic carbocycles. The largest absolute Gasteiger partial charge is 0.496 e. The Morgan fingerprint density at radius 3 is 2.48 bits per heavy atom. The Bertz CT molecular complexity index is 955. The van der Waals surface area contributed by atoms with E-state index in [-0.39, 0.29) is 23.6 Å². The Morgan fingerprint density at radius 1 is 1.22 bits per heavy atom. The van der Waals surface area contributed by atoms with Crippen molar-refractivity contribution in [3.63, 3.8) is 0 Å². The molecule has 0 radical (unpaired) electrons. The van der Waals surface area contributed by atoms with Crippen LogP contribution in [0.5, 0.6) is 17.2 Å². The highest BCUT2D eigenvalue weighted by molar-refractivity contribution is 14.1. The first-order chi connectivity index (χ1) is 13.0. The highest BCUT2D eigenvalue weighted by Crippen LogP contribution is 2.39. The van der Waals surface area contributed by atoms with Gasteiger partial charge in [-0.15, -0.1) is 0 Å². The molecule has 3 rings (SSSR count). The highest BCUT2D eigenvalue weighted by Gasteiger charge is 2.28. The number of carbonyl (C=O) groups is 1. The molecule has 27 heavy (non-hydrogen) atoms. The quantitative estimate of drug-likeness (QED) is 0.211. The summed E-state index contributed by atoms with van der Waals surface area (Å²) in [5, 5.41) is 11.8. The van der Waals surface area contributed by atoms with Gasteiger partial charge in [-0.3, -0.25) is 10.1 Å². The number of fused-ring (bicyclic) bond motifs is 1. The van der Waals surface area contributed by atoms with Gasteiger partial charge in [-0.05, 0) is 46.9 Å². The van der Waals surface area contributed by atoms with Gasteiger partial charge in [-0.25, -0.2) is 4.79 Å². The van der Waals surface area contributed by atoms with E-state index in [1.807, 2.05) is 0 Å². The smallest absolute Gasteiger partial charge is 0.338 e. The SMILES string of the molecule is COC(=O)c1cc2c(cc1C(=Cc1c(I)cccc1OC)[N+](=O)[O-])OCO2. The molecule has 0 saturated heterocycles. The molecule has 0 aliphatic carbocycles. The Labute approximate surface area is 168 Å². The number of benzene rings is 2. The van der Waals surface area contributed by atoms with E-state index in [1.165, 1.54) is 32.4 Å². The van der Waals surface area contributed by atoms with Gasteiger partial charge in [-0.1, -0.05) is 6.07 Å². The number of halogens is 1. The van der Waals surface area contributed by atoms with E-state index in [1.54, 1.807) is 18.2 Å². The standard InChI is InChI=1S/C18H14INO7/c1-24-15-5-3-4-13(19)12(15)6-14(20(22)23)10-7-16-17(27-9-26-16)8-11(10)18(21)25-2/h3-8H,9H2,1-2H3. The molecule has 1 heterocycles. The zero-order valence-electron chi connectivity index (χ0n) is 14.4. The minimum Gasteiger partial charge on any atom is -0.496 e. The molecule has 140 valence electrons. The molecule has 0 atom stereocenters. The molecule has 0 amide bonds. The van der Waals surface area contributed by atoms with Crippen LogP contribution in [-0.2, 0) is 4.74 Å². The summed E-state index contributed by atoms with van der Waals surface area (Å²) >= 11 is 2.06. The maximum atomic E-state index is 12.2. The van der Waals surface area contributed by atoms with Gasteiger partial charge in [0.1, 0.15) is 5.75 Å². The number of hydrogen-bond acceptors (Lipinski definition) is 7. The van der Waals surface area contributed by atoms with Gasteiger partial charge in [-0.2, -0.15) is 0 Å². The number of methoxy groups -OCH3 is 2. The second-order valence-corrected chi connectivity index (χ2v) is 6.55. The lowest BCUT2D eigenvalue weighted by atomic mass is 10.0. The first-order valence-electron chi connectivity index (χ1n) is 7.67. The van der Waals surface area contributed by atoms with E-state index < -0.39 is 10.9 Å². The number of esters is 1. The summed E-state index contributed by atoms with van der Waals surface area (Å²) in [6.45, 7) is -0.0265. The molecule has 9 heteroatoms. The Kier molecular flexibility index (Phi) is 5.49. The third-order valence-corrected chi connectivity index (χ3v) is 4.85. The first kappa shape index (κ1) is 19.0. The number of carbonyl (C=O) groups excluding carboxylic acids is 1. The van der Waals surface area contributed by atoms with E-state index in [0.717, 1.165) is 3.57 Å². The van der Waals surface area contributed by atoms with E-state index in [4.69, 9.17) is 18.9 Å². The average Bonchev–Trinajstić information content (AvgIpc) is 3.12. The van der Waals surface area contributed by atoms with Crippen LogP contribution in [-0.4, -0.2) is 31.9 Å². The number of nitro groups is 1. The maximum Gasteiger partial charge on any atom is 0.338 e. The second kappa shape index (κ2) is 7.82. The molecule has 2 aromatic rings. The molecule has 1 aliphatic rings. The van der Waals surface area contributed by atoms with Crippen molar-refractivity contribution in [3.8, 4) is 17.2 Å². The Balaban J connectivity index is 2.25. The molecule has 0 bridgehead atoms. The van der Waals surface area contributed by atoms with Crippen LogP contribution >= 0.6 is 22.6 Å². The number of nitrogens with zero attached hydrogens (tertiary/aromatic N) is 1. The molecule has 0 aromatic heterocycles. The van der Waals surface area contributed by atoms with Crippen molar-refractivity contribution in [1.82, 2.24) is 0 Å². The monoisotopic (exact) mass is 483 g/mol. The van der Waals surface area contributed by atoms with Gasteiger partial charge in [0.25, 0.3) is 5.70 Å². The number of rotatable bonds is 5. The fourth-order valence-corrected chi connectivity index (χ4v) is 3.26. The fourth-order valence-electron chi connectivity index (χ4n) is 2.63. The predicted molar refractivity (Wildman–Crippen MR) is 104 cm³/mol. The number of ether oxygens (including phenoxy) is 4. The highest BCUT2D eigenvalue weighted by atomic mass is 127. The minimum absolute atomic E-state index is 0.00889. The van der Waals surface area contributed by atoms with Crippen molar-refractivity contribution >= 4 is 40.3 Å². The lowest BCUT2D eigenvalue weighted by Gasteiger charge is -2.10. The summed E-state index contributed by atoms with van der Waals surface area (Å²) < 4.78 is 21.4. The fraction of sp³-hybridized carbons (Fsp3) is 0.167. The van der Waals surface area contributed by atoms with Crippen LogP contribution < -0.4 is 14.2 Å². The predicted octanol–water partition coefficient (Wildman–Crippen LogP) is 3.59. The maximum absolute atomic E-state index is 12.2. The van der Waals surface area contributed by atoms with E-state index in [0.29, 0.717) is 22.8 Å². The summed E-state index contributed by atoms with van der Waals surface area (Å²) in [5.74, 6) is 0.404. The van der Waals surface area contributed by atoms with Crippen LogP contribution in [0.1, 0.15) is 21.5 Å². The molecule has 0 unspecified atom stereocenters. The zero-order valence-corrected chi connectivity index (χ0v) is 16.5. The van der Waals surface area contributed by atoms with Gasteiger partial charge < -0.3 is 18.9 Å². The topological polar surface area (TPSA) is 97.1 Å². The normalized spacial score (nSPS) is 12.6. The van der Waals surface area contributed by atoms with Gasteiger partial charge in [0.15, 0.2) is 11.5 Å². The molecule has 1 aliphatic heterocycles. The summed E-state index contributed by atoms with van der Waals surface area (Å²) in [4.78, 5) is 23.5. The van der Waals surface area contributed by atoms with Gasteiger partial charge >= 0.3 is 5.97 Å². The van der Waals surface area contributed by atoms with E-state index in [2.05, 4.69) is 22.6 Å². The van der Waals surface area contributed by atoms with Crippen molar-refractivity contribution in [1.29, 1.82) is 0 Å². The lowest BCUT2D eigenvalue weighted by molar-refractivity contribution is -0.374. The van der Waals surface area contributed by atoms with E-state index >= 15 is 0 Å². The summed E-state index contributed by atoms with van der Waals surface area (Å²) in [7, 11) is 2.68. The van der Waals surface area contributed by atoms with Gasteiger partial charge in [0.05, 0.1) is 30.3 Å².